The van der Waals surface area contributed by atoms with Crippen molar-refractivity contribution in [1.82, 2.24) is 20.0 Å². The Hall–Kier alpha value is -1.28. The maximum Gasteiger partial charge on any atom is 0.261 e. The van der Waals surface area contributed by atoms with Crippen LogP contribution in [0.1, 0.15) is 10.4 Å². The number of carbonyl (C=O) groups is 1. The number of aryl methyl sites for hydroxylation is 1. The van der Waals surface area contributed by atoms with Crippen LogP contribution in [0.5, 0.6) is 0 Å². The minimum absolute atomic E-state index is 0.258. The Morgan fingerprint density at radius 1 is 1.67 bits per heavy atom. The molecule has 2 aromatic heterocycles. The third-order valence-electron chi connectivity index (χ3n) is 1.69. The van der Waals surface area contributed by atoms with Gasteiger partial charge in [-0.05, 0) is 15.9 Å². The largest absolute Gasteiger partial charge is 0.296 e. The summed E-state index contributed by atoms with van der Waals surface area (Å²) in [6, 6.07) is 0. The van der Waals surface area contributed by atoms with Gasteiger partial charge in [0.1, 0.15) is 10.1 Å². The molecule has 0 aliphatic carbocycles. The van der Waals surface area contributed by atoms with Crippen LogP contribution in [0.3, 0.4) is 0 Å². The second kappa shape index (κ2) is 4.07. The van der Waals surface area contributed by atoms with E-state index >= 15 is 0 Å². The highest BCUT2D eigenvalue weighted by Gasteiger charge is 2.14. The summed E-state index contributed by atoms with van der Waals surface area (Å²) in [5.74, 6) is -0.258. The maximum absolute atomic E-state index is 11.7. The molecule has 0 radical (unpaired) electrons. The van der Waals surface area contributed by atoms with Crippen LogP contribution in [-0.2, 0) is 7.05 Å². The molecule has 0 unspecified atom stereocenters. The Kier molecular flexibility index (Phi) is 2.78. The van der Waals surface area contributed by atoms with Crippen molar-refractivity contribution >= 4 is 38.3 Å². The van der Waals surface area contributed by atoms with E-state index in [0.29, 0.717) is 15.3 Å². The minimum atomic E-state index is -0.258. The summed E-state index contributed by atoms with van der Waals surface area (Å²) < 4.78 is 2.19. The molecule has 0 saturated heterocycles. The molecule has 15 heavy (non-hydrogen) atoms. The lowest BCUT2D eigenvalue weighted by atomic mass is 10.3. The molecule has 6 nitrogen and oxygen atoms in total. The number of amides is 1. The molecule has 2 heterocycles. The fourth-order valence-corrected chi connectivity index (χ4v) is 1.78. The zero-order valence-electron chi connectivity index (χ0n) is 7.64. The molecule has 1 N–H and O–H groups in total. The average Bonchev–Trinajstić information content (AvgIpc) is 2.79. The monoisotopic (exact) mass is 287 g/mol. The van der Waals surface area contributed by atoms with E-state index < -0.39 is 0 Å². The molecule has 0 aromatic carbocycles. The Morgan fingerprint density at radius 3 is 3.00 bits per heavy atom. The molecule has 0 saturated carbocycles. The molecule has 1 amide bonds. The number of rotatable bonds is 2. The van der Waals surface area contributed by atoms with E-state index in [4.69, 9.17) is 0 Å². The van der Waals surface area contributed by atoms with Crippen molar-refractivity contribution in [2.75, 3.05) is 5.32 Å². The Bertz CT molecular complexity index is 480. The first-order valence-electron chi connectivity index (χ1n) is 3.93. The third-order valence-corrected chi connectivity index (χ3v) is 3.24. The lowest BCUT2D eigenvalue weighted by molar-refractivity contribution is 0.102. The van der Waals surface area contributed by atoms with Crippen molar-refractivity contribution in [1.29, 1.82) is 0 Å². The standard InChI is InChI=1S/C7H6BrN5OS/c1-13-5(8)4(2-10-13)6(14)11-7-12-9-3-15-7/h2-3H,1H3,(H,11,12,14). The van der Waals surface area contributed by atoms with Gasteiger partial charge < -0.3 is 0 Å². The first kappa shape index (κ1) is 10.2. The first-order valence-corrected chi connectivity index (χ1v) is 5.61. The SMILES string of the molecule is Cn1ncc(C(=O)Nc2nncs2)c1Br. The molecule has 0 atom stereocenters. The quantitative estimate of drug-likeness (QED) is 0.903. The Morgan fingerprint density at radius 2 is 2.47 bits per heavy atom. The third kappa shape index (κ3) is 2.05. The van der Waals surface area contributed by atoms with Gasteiger partial charge in [0.25, 0.3) is 5.91 Å². The van der Waals surface area contributed by atoms with E-state index in [1.165, 1.54) is 17.5 Å². The van der Waals surface area contributed by atoms with Crippen molar-refractivity contribution < 1.29 is 4.79 Å². The van der Waals surface area contributed by atoms with Crippen molar-refractivity contribution in [2.24, 2.45) is 7.05 Å². The van der Waals surface area contributed by atoms with Gasteiger partial charge in [0, 0.05) is 7.05 Å². The fourth-order valence-electron chi connectivity index (χ4n) is 0.967. The van der Waals surface area contributed by atoms with E-state index in [-0.39, 0.29) is 5.91 Å². The zero-order valence-corrected chi connectivity index (χ0v) is 10.0. The molecule has 2 aromatic rings. The summed E-state index contributed by atoms with van der Waals surface area (Å²) in [5, 5.41) is 14.4. The fraction of sp³-hybridized carbons (Fsp3) is 0.143. The van der Waals surface area contributed by atoms with Crippen LogP contribution in [0.4, 0.5) is 5.13 Å². The Balaban J connectivity index is 2.19. The normalized spacial score (nSPS) is 10.3. The smallest absolute Gasteiger partial charge is 0.261 e. The van der Waals surface area contributed by atoms with E-state index in [2.05, 4.69) is 36.5 Å². The minimum Gasteiger partial charge on any atom is -0.296 e. The van der Waals surface area contributed by atoms with Gasteiger partial charge in [-0.2, -0.15) is 5.10 Å². The average molecular weight is 288 g/mol. The predicted octanol–water partition coefficient (Wildman–Crippen LogP) is 1.29. The summed E-state index contributed by atoms with van der Waals surface area (Å²) in [6.07, 6.45) is 1.49. The lowest BCUT2D eigenvalue weighted by Crippen LogP contribution is -2.11. The topological polar surface area (TPSA) is 72.7 Å². The number of carbonyl (C=O) groups excluding carboxylic acids is 1. The highest BCUT2D eigenvalue weighted by atomic mass is 79.9. The number of hydrogen-bond donors (Lipinski definition) is 1. The van der Waals surface area contributed by atoms with Crippen LogP contribution in [0, 0.1) is 0 Å². The zero-order chi connectivity index (χ0) is 10.8. The van der Waals surface area contributed by atoms with Crippen LogP contribution in [0.2, 0.25) is 0 Å². The number of nitrogens with one attached hydrogen (secondary N) is 1. The molecule has 8 heteroatoms. The maximum atomic E-state index is 11.7. The molecule has 0 fully saturated rings. The molecule has 2 rings (SSSR count). The van der Waals surface area contributed by atoms with Gasteiger partial charge in [-0.1, -0.05) is 11.3 Å². The number of aromatic nitrogens is 4. The van der Waals surface area contributed by atoms with E-state index in [1.807, 2.05) is 0 Å². The first-order chi connectivity index (χ1) is 7.18. The van der Waals surface area contributed by atoms with Gasteiger partial charge >= 0.3 is 0 Å². The van der Waals surface area contributed by atoms with Crippen LogP contribution in [0.25, 0.3) is 0 Å². The molecule has 0 spiro atoms. The molecule has 0 bridgehead atoms. The van der Waals surface area contributed by atoms with Crippen LogP contribution in [0.15, 0.2) is 16.3 Å². The van der Waals surface area contributed by atoms with Crippen LogP contribution >= 0.6 is 27.3 Å². The molecular formula is C7H6BrN5OS. The number of nitrogens with zero attached hydrogens (tertiary/aromatic N) is 4. The number of hydrogen-bond acceptors (Lipinski definition) is 5. The van der Waals surface area contributed by atoms with Gasteiger partial charge in [0.2, 0.25) is 5.13 Å². The van der Waals surface area contributed by atoms with Gasteiger partial charge in [0.05, 0.1) is 11.8 Å². The molecule has 0 aliphatic heterocycles. The number of halogens is 1. The van der Waals surface area contributed by atoms with E-state index in [9.17, 15) is 4.79 Å². The van der Waals surface area contributed by atoms with Crippen molar-refractivity contribution in [2.45, 2.75) is 0 Å². The molecule has 0 aliphatic rings. The van der Waals surface area contributed by atoms with Crippen molar-refractivity contribution in [3.8, 4) is 0 Å². The molecule has 78 valence electrons. The number of anilines is 1. The molecular weight excluding hydrogens is 282 g/mol. The van der Waals surface area contributed by atoms with Crippen LogP contribution < -0.4 is 5.32 Å². The van der Waals surface area contributed by atoms with E-state index in [1.54, 1.807) is 17.2 Å². The summed E-state index contributed by atoms with van der Waals surface area (Å²) >= 11 is 4.52. The second-order valence-electron chi connectivity index (χ2n) is 2.67. The summed E-state index contributed by atoms with van der Waals surface area (Å²) in [6.45, 7) is 0. The van der Waals surface area contributed by atoms with Gasteiger partial charge in [-0.25, -0.2) is 0 Å². The highest BCUT2D eigenvalue weighted by molar-refractivity contribution is 9.10. The summed E-state index contributed by atoms with van der Waals surface area (Å²) in [5.41, 5.74) is 2.01. The Labute approximate surface area is 97.5 Å². The van der Waals surface area contributed by atoms with Gasteiger partial charge in [-0.15, -0.1) is 10.2 Å². The van der Waals surface area contributed by atoms with Crippen molar-refractivity contribution in [3.05, 3.63) is 21.9 Å². The van der Waals surface area contributed by atoms with Crippen LogP contribution in [-0.4, -0.2) is 25.9 Å². The highest BCUT2D eigenvalue weighted by Crippen LogP contribution is 2.17. The predicted molar refractivity (Wildman–Crippen MR) is 58.8 cm³/mol. The van der Waals surface area contributed by atoms with E-state index in [0.717, 1.165) is 0 Å². The summed E-state index contributed by atoms with van der Waals surface area (Å²) in [4.78, 5) is 11.7. The van der Waals surface area contributed by atoms with Crippen molar-refractivity contribution in [3.63, 3.8) is 0 Å². The summed E-state index contributed by atoms with van der Waals surface area (Å²) in [7, 11) is 1.74. The lowest BCUT2D eigenvalue weighted by Gasteiger charge is -1.98. The van der Waals surface area contributed by atoms with Gasteiger partial charge in [0.15, 0.2) is 0 Å². The van der Waals surface area contributed by atoms with Gasteiger partial charge in [-0.3, -0.25) is 14.8 Å². The second-order valence-corrected chi connectivity index (χ2v) is 4.26.